The summed E-state index contributed by atoms with van der Waals surface area (Å²) in [4.78, 5) is 4.47. The molecule has 0 saturated heterocycles. The minimum Gasteiger partial charge on any atom is -0.507 e. The van der Waals surface area contributed by atoms with Crippen LogP contribution in [0.15, 0.2) is 51.9 Å². The van der Waals surface area contributed by atoms with Crippen LogP contribution in [0.1, 0.15) is 24.1 Å². The second-order valence-electron chi connectivity index (χ2n) is 4.43. The summed E-state index contributed by atoms with van der Waals surface area (Å²) in [6, 6.07) is 13.1. The highest BCUT2D eigenvalue weighted by atomic mass is 79.9. The molecule has 1 atom stereocenters. The van der Waals surface area contributed by atoms with Crippen LogP contribution in [0.2, 0.25) is 0 Å². The minimum absolute atomic E-state index is 0.0219. The van der Waals surface area contributed by atoms with Crippen LogP contribution in [-0.2, 0) is 0 Å². The normalized spacial score (nSPS) is 12.6. The molecule has 0 amide bonds. The number of nitrogens with zero attached hydrogens (tertiary/aromatic N) is 1. The average molecular weight is 334 g/mol. The summed E-state index contributed by atoms with van der Waals surface area (Å²) in [5.74, 6) is 0.887. The fourth-order valence-electron chi connectivity index (χ4n) is 1.78. The van der Waals surface area contributed by atoms with Gasteiger partial charge in [-0.3, -0.25) is 4.99 Å². The summed E-state index contributed by atoms with van der Waals surface area (Å²) >= 11 is 3.41. The molecule has 0 fully saturated rings. The number of ether oxygens (including phenoxy) is 1. The summed E-state index contributed by atoms with van der Waals surface area (Å²) in [7, 11) is 1.59. The maximum Gasteiger partial charge on any atom is 0.124 e. The number of aromatic hydroxyl groups is 1. The number of methoxy groups -OCH3 is 1. The van der Waals surface area contributed by atoms with Crippen LogP contribution in [0.25, 0.3) is 0 Å². The molecule has 0 unspecified atom stereocenters. The first kappa shape index (κ1) is 14.6. The summed E-state index contributed by atoms with van der Waals surface area (Å²) in [5.41, 5.74) is 1.76. The van der Waals surface area contributed by atoms with Crippen molar-refractivity contribution in [3.8, 4) is 11.5 Å². The summed E-state index contributed by atoms with van der Waals surface area (Å²) in [6.45, 7) is 2.01. The lowest BCUT2D eigenvalue weighted by atomic mass is 10.1. The van der Waals surface area contributed by atoms with Gasteiger partial charge in [-0.15, -0.1) is 0 Å². The molecule has 4 heteroatoms. The SMILES string of the molecule is COc1ccc(O)c(C=N[C@@H](C)c2ccc(Br)cc2)c1. The Hall–Kier alpha value is -1.81. The van der Waals surface area contributed by atoms with Gasteiger partial charge in [0.05, 0.1) is 13.2 Å². The Morgan fingerprint density at radius 3 is 2.55 bits per heavy atom. The number of benzene rings is 2. The van der Waals surface area contributed by atoms with E-state index in [4.69, 9.17) is 4.74 Å². The van der Waals surface area contributed by atoms with Crippen molar-refractivity contribution in [1.29, 1.82) is 0 Å². The molecule has 20 heavy (non-hydrogen) atoms. The second-order valence-corrected chi connectivity index (χ2v) is 5.35. The zero-order valence-corrected chi connectivity index (χ0v) is 13.0. The van der Waals surface area contributed by atoms with Gasteiger partial charge in [0.25, 0.3) is 0 Å². The first-order valence-electron chi connectivity index (χ1n) is 6.26. The monoisotopic (exact) mass is 333 g/mol. The third kappa shape index (κ3) is 3.61. The van der Waals surface area contributed by atoms with Gasteiger partial charge in [0, 0.05) is 16.3 Å². The van der Waals surface area contributed by atoms with Gasteiger partial charge in [-0.1, -0.05) is 28.1 Å². The third-order valence-electron chi connectivity index (χ3n) is 3.02. The molecule has 0 heterocycles. The molecule has 0 saturated carbocycles. The van der Waals surface area contributed by atoms with Crippen LogP contribution >= 0.6 is 15.9 Å². The highest BCUT2D eigenvalue weighted by Crippen LogP contribution is 2.23. The number of phenols is 1. The highest BCUT2D eigenvalue weighted by Gasteiger charge is 2.04. The molecule has 0 aliphatic rings. The lowest BCUT2D eigenvalue weighted by molar-refractivity contribution is 0.412. The number of phenolic OH excluding ortho intramolecular Hbond substituents is 1. The number of hydrogen-bond donors (Lipinski definition) is 1. The van der Waals surface area contributed by atoms with E-state index in [-0.39, 0.29) is 11.8 Å². The van der Waals surface area contributed by atoms with Gasteiger partial charge in [0.2, 0.25) is 0 Å². The predicted molar refractivity (Wildman–Crippen MR) is 84.8 cm³/mol. The van der Waals surface area contributed by atoms with Gasteiger partial charge in [0.15, 0.2) is 0 Å². The van der Waals surface area contributed by atoms with E-state index in [1.807, 2.05) is 31.2 Å². The molecule has 0 bridgehead atoms. The Morgan fingerprint density at radius 2 is 1.90 bits per heavy atom. The van der Waals surface area contributed by atoms with Crippen molar-refractivity contribution in [2.24, 2.45) is 4.99 Å². The van der Waals surface area contributed by atoms with Gasteiger partial charge in [-0.05, 0) is 42.8 Å². The van der Waals surface area contributed by atoms with Crippen LogP contribution in [0, 0.1) is 0 Å². The summed E-state index contributed by atoms with van der Waals surface area (Å²) < 4.78 is 6.18. The Balaban J connectivity index is 2.18. The molecular formula is C16H16BrNO2. The Bertz CT molecular complexity index is 608. The quantitative estimate of drug-likeness (QED) is 0.845. The van der Waals surface area contributed by atoms with Gasteiger partial charge in [-0.25, -0.2) is 0 Å². The number of halogens is 1. The number of aliphatic imine (C=N–C) groups is 1. The molecule has 2 aromatic carbocycles. The van der Waals surface area contributed by atoms with Crippen LogP contribution in [0.3, 0.4) is 0 Å². The lowest BCUT2D eigenvalue weighted by Gasteiger charge is -2.07. The first-order chi connectivity index (χ1) is 9.60. The van der Waals surface area contributed by atoms with Crippen LogP contribution in [0.4, 0.5) is 0 Å². The van der Waals surface area contributed by atoms with E-state index < -0.39 is 0 Å². The Morgan fingerprint density at radius 1 is 1.20 bits per heavy atom. The van der Waals surface area contributed by atoms with Gasteiger partial charge in [-0.2, -0.15) is 0 Å². The predicted octanol–water partition coefficient (Wildman–Crippen LogP) is 4.34. The van der Waals surface area contributed by atoms with Crippen molar-refractivity contribution in [2.75, 3.05) is 7.11 Å². The third-order valence-corrected chi connectivity index (χ3v) is 3.55. The van der Waals surface area contributed by atoms with E-state index in [1.165, 1.54) is 0 Å². The largest absolute Gasteiger partial charge is 0.507 e. The average Bonchev–Trinajstić information content (AvgIpc) is 2.47. The van der Waals surface area contributed by atoms with Crippen molar-refractivity contribution >= 4 is 22.1 Å². The maximum atomic E-state index is 9.80. The molecule has 104 valence electrons. The first-order valence-corrected chi connectivity index (χ1v) is 7.05. The molecule has 1 N–H and O–H groups in total. The van der Waals surface area contributed by atoms with Crippen molar-refractivity contribution in [1.82, 2.24) is 0 Å². The molecule has 0 aliphatic heterocycles. The van der Waals surface area contributed by atoms with Crippen molar-refractivity contribution in [3.05, 3.63) is 58.1 Å². The number of rotatable bonds is 4. The zero-order valence-electron chi connectivity index (χ0n) is 11.4. The summed E-state index contributed by atoms with van der Waals surface area (Å²) in [6.07, 6.45) is 1.67. The molecule has 2 aromatic rings. The van der Waals surface area contributed by atoms with Crippen LogP contribution < -0.4 is 4.74 Å². The highest BCUT2D eigenvalue weighted by molar-refractivity contribution is 9.10. The smallest absolute Gasteiger partial charge is 0.124 e. The van der Waals surface area contributed by atoms with Gasteiger partial charge >= 0.3 is 0 Å². The summed E-state index contributed by atoms with van der Waals surface area (Å²) in [5, 5.41) is 9.80. The molecule has 0 aromatic heterocycles. The van der Waals surface area contributed by atoms with Crippen molar-refractivity contribution in [2.45, 2.75) is 13.0 Å². The van der Waals surface area contributed by atoms with Gasteiger partial charge in [0.1, 0.15) is 11.5 Å². The second kappa shape index (κ2) is 6.57. The van der Waals surface area contributed by atoms with E-state index >= 15 is 0 Å². The standard InChI is InChI=1S/C16H16BrNO2/c1-11(12-3-5-14(17)6-4-12)18-10-13-9-15(20-2)7-8-16(13)19/h3-11,19H,1-2H3/t11-/m0/s1. The molecule has 2 rings (SSSR count). The Kier molecular flexibility index (Phi) is 4.79. The van der Waals surface area contributed by atoms with E-state index in [9.17, 15) is 5.11 Å². The Labute approximate surface area is 127 Å². The zero-order chi connectivity index (χ0) is 14.5. The molecular weight excluding hydrogens is 318 g/mol. The fourth-order valence-corrected chi connectivity index (χ4v) is 2.05. The van der Waals surface area contributed by atoms with E-state index in [0.29, 0.717) is 11.3 Å². The topological polar surface area (TPSA) is 41.8 Å². The maximum absolute atomic E-state index is 9.80. The van der Waals surface area contributed by atoms with Crippen molar-refractivity contribution < 1.29 is 9.84 Å². The molecule has 0 aliphatic carbocycles. The van der Waals surface area contributed by atoms with Crippen LogP contribution in [-0.4, -0.2) is 18.4 Å². The van der Waals surface area contributed by atoms with Crippen molar-refractivity contribution in [3.63, 3.8) is 0 Å². The molecule has 0 radical (unpaired) electrons. The van der Waals surface area contributed by atoms with E-state index in [2.05, 4.69) is 20.9 Å². The molecule has 3 nitrogen and oxygen atoms in total. The van der Waals surface area contributed by atoms with E-state index in [1.54, 1.807) is 31.5 Å². The fraction of sp³-hybridized carbons (Fsp3) is 0.188. The minimum atomic E-state index is 0.0219. The lowest BCUT2D eigenvalue weighted by Crippen LogP contribution is -1.92. The van der Waals surface area contributed by atoms with Crippen LogP contribution in [0.5, 0.6) is 11.5 Å². The van der Waals surface area contributed by atoms with Gasteiger partial charge < -0.3 is 9.84 Å². The van der Waals surface area contributed by atoms with E-state index in [0.717, 1.165) is 10.0 Å². The molecule has 0 spiro atoms. The number of hydrogen-bond acceptors (Lipinski definition) is 3.